The summed E-state index contributed by atoms with van der Waals surface area (Å²) >= 11 is 0. The topological polar surface area (TPSA) is 546 Å². The van der Waals surface area contributed by atoms with E-state index < -0.39 is 102 Å². The molecule has 1 heterocycles. The molecule has 0 bridgehead atoms. The average molecular weight is 1200 g/mol. The normalized spacial score (nSPS) is 13.2. The van der Waals surface area contributed by atoms with Crippen LogP contribution in [0.15, 0.2) is 94.0 Å². The number of guanidine groups is 3. The Hall–Kier alpha value is -10.2. The molecule has 0 saturated carbocycles. The summed E-state index contributed by atoms with van der Waals surface area (Å²) in [5.41, 5.74) is 41.5. The zero-order valence-electron chi connectivity index (χ0n) is 47.4. The van der Waals surface area contributed by atoms with E-state index in [0.29, 0.717) is 40.6 Å². The first-order chi connectivity index (χ1) is 41.0. The summed E-state index contributed by atoms with van der Waals surface area (Å²) in [5, 5.41) is 50.7. The van der Waals surface area contributed by atoms with Crippen molar-refractivity contribution in [3.05, 3.63) is 95.7 Å². The van der Waals surface area contributed by atoms with Gasteiger partial charge in [-0.2, -0.15) is 0 Å². The monoisotopic (exact) mass is 1200 g/mol. The second-order valence-corrected chi connectivity index (χ2v) is 19.9. The number of H-pyrrole nitrogens is 1. The number of aromatic nitrogens is 1. The predicted octanol–water partition coefficient (Wildman–Crippen LogP) is -3.28. The zero-order chi connectivity index (χ0) is 63.1. The summed E-state index contributed by atoms with van der Waals surface area (Å²) in [4.78, 5) is 138. The number of hydrogen-bond acceptors (Lipinski definition) is 15. The molecule has 0 spiro atoms. The summed E-state index contributed by atoms with van der Waals surface area (Å²) in [6.07, 6.45) is 0.370. The van der Waals surface area contributed by atoms with Gasteiger partial charge in [0.2, 0.25) is 41.4 Å². The lowest BCUT2D eigenvalue weighted by molar-refractivity contribution is -0.139. The van der Waals surface area contributed by atoms with Crippen LogP contribution in [0.3, 0.4) is 0 Å². The standard InChI is InChI=1S/C55H79N19O12/c56-22-6-26-66-55(86)74-54(62)65-25-5-11-40(69-50(84)42(28-32-14-18-35(76)19-15-32)72-47(81)38(9-3-23-63-52(58)59)68-44(77)20-21-45(78)79)49(83)73-43(29-33-30-67-37-8-2-1-7-36(33)37)51(85)70-39(10-4-24-64-53(60)61)48(82)71-41(46(57)80)27-31-12-16-34(75)17-13-31/h1-2,7-8,12-19,30,38-43,67,75-76H,3-6,9-11,20-29,56H2,(H2,57,80)(H,68,77)(H,69,84)(H,70,85)(H,71,82)(H,72,81)(H,73,83)(H,78,79)(H4,58,59,63)(H4,60,61,64)(H4,62,65,66,74,86)/t38-,39-,40-,41-,42-,43-/m0/s1. The third kappa shape index (κ3) is 25.1. The van der Waals surface area contributed by atoms with E-state index >= 15 is 4.79 Å². The van der Waals surface area contributed by atoms with Gasteiger partial charge in [0.25, 0.3) is 0 Å². The molecule has 4 rings (SSSR count). The van der Waals surface area contributed by atoms with Crippen molar-refractivity contribution in [3.63, 3.8) is 0 Å². The predicted molar refractivity (Wildman–Crippen MR) is 319 cm³/mol. The fourth-order valence-corrected chi connectivity index (χ4v) is 8.56. The number of aliphatic carboxylic acids is 1. The van der Waals surface area contributed by atoms with Gasteiger partial charge in [-0.3, -0.25) is 58.7 Å². The number of carbonyl (C=O) groups is 9. The van der Waals surface area contributed by atoms with Crippen LogP contribution in [0.4, 0.5) is 4.79 Å². The SMILES string of the molecule is NCCCNC(=O)NC(N)=NCCC[C@H](NC(=O)[C@H](Cc1ccc(O)cc1)NC(=O)[C@H](CCCN=C(N)N)NC(=O)CCC(=O)O)C(=O)N[C@@H](Cc1c[nH]c2ccccc12)C(=O)N[C@@H](CCCN=C(N)N)C(=O)N[C@@H](Cc1ccc(O)cc1)C(N)=O. The maximum atomic E-state index is 15.0. The quantitative estimate of drug-likeness (QED) is 0.0121. The molecule has 0 aliphatic rings. The van der Waals surface area contributed by atoms with Crippen molar-refractivity contribution in [2.75, 3.05) is 32.7 Å². The van der Waals surface area contributed by atoms with Crippen LogP contribution in [0.25, 0.3) is 10.9 Å². The van der Waals surface area contributed by atoms with Crippen LogP contribution in [0, 0.1) is 0 Å². The molecule has 26 N–H and O–H groups in total. The molecule has 9 amide bonds. The number of carbonyl (C=O) groups excluding carboxylic acids is 8. The Bertz CT molecular complexity index is 3020. The van der Waals surface area contributed by atoms with E-state index in [1.165, 1.54) is 48.5 Å². The lowest BCUT2D eigenvalue weighted by atomic mass is 10.0. The second kappa shape index (κ2) is 35.7. The Morgan fingerprint density at radius 2 is 0.953 bits per heavy atom. The summed E-state index contributed by atoms with van der Waals surface area (Å²) in [5.74, 6) is -8.39. The molecular formula is C55H79N19O12. The van der Waals surface area contributed by atoms with Crippen molar-refractivity contribution >= 4 is 82.1 Å². The number of aromatic amines is 1. The number of nitrogens with two attached hydrogens (primary N) is 7. The van der Waals surface area contributed by atoms with E-state index in [1.54, 1.807) is 30.5 Å². The third-order valence-electron chi connectivity index (χ3n) is 13.0. The molecule has 3 aromatic carbocycles. The summed E-state index contributed by atoms with van der Waals surface area (Å²) in [7, 11) is 0. The van der Waals surface area contributed by atoms with Crippen LogP contribution in [-0.2, 0) is 57.6 Å². The number of para-hydroxylation sites is 1. The van der Waals surface area contributed by atoms with Crippen molar-refractivity contribution in [2.45, 2.75) is 113 Å². The molecule has 466 valence electrons. The zero-order valence-corrected chi connectivity index (χ0v) is 47.4. The van der Waals surface area contributed by atoms with E-state index in [4.69, 9.17) is 40.1 Å². The second-order valence-electron chi connectivity index (χ2n) is 19.9. The minimum atomic E-state index is -1.55. The summed E-state index contributed by atoms with van der Waals surface area (Å²) in [6, 6.07) is 9.28. The highest BCUT2D eigenvalue weighted by atomic mass is 16.4. The molecule has 1 aromatic heterocycles. The highest BCUT2D eigenvalue weighted by molar-refractivity contribution is 5.98. The maximum absolute atomic E-state index is 15.0. The number of phenols is 2. The van der Waals surface area contributed by atoms with E-state index in [0.717, 1.165) is 0 Å². The number of carboxylic acids is 1. The number of nitrogens with one attached hydrogen (secondary N) is 9. The highest BCUT2D eigenvalue weighted by Gasteiger charge is 2.34. The molecule has 0 saturated heterocycles. The van der Waals surface area contributed by atoms with Crippen molar-refractivity contribution in [1.29, 1.82) is 0 Å². The average Bonchev–Trinajstić information content (AvgIpc) is 4.10. The fraction of sp³-hybridized carbons (Fsp3) is 0.418. The number of benzene rings is 3. The van der Waals surface area contributed by atoms with Crippen LogP contribution in [0.1, 0.15) is 74.5 Å². The van der Waals surface area contributed by atoms with E-state index in [-0.39, 0.29) is 113 Å². The van der Waals surface area contributed by atoms with E-state index in [9.17, 15) is 53.7 Å². The van der Waals surface area contributed by atoms with Gasteiger partial charge in [-0.1, -0.05) is 42.5 Å². The van der Waals surface area contributed by atoms with Gasteiger partial charge in [-0.15, -0.1) is 0 Å². The number of nitrogens with zero attached hydrogens (tertiary/aromatic N) is 3. The molecule has 0 radical (unpaired) electrons. The number of rotatable bonds is 36. The molecule has 0 unspecified atom stereocenters. The van der Waals surface area contributed by atoms with Gasteiger partial charge in [0, 0.05) is 69.0 Å². The summed E-state index contributed by atoms with van der Waals surface area (Å²) in [6.45, 7) is 0.511. The number of carboxylic acid groups (broad SMARTS) is 1. The van der Waals surface area contributed by atoms with Crippen molar-refractivity contribution < 1.29 is 58.5 Å². The lowest BCUT2D eigenvalue weighted by Crippen LogP contribution is -2.60. The molecule has 86 heavy (non-hydrogen) atoms. The molecule has 0 aliphatic heterocycles. The first kappa shape index (κ1) is 68.3. The van der Waals surface area contributed by atoms with Gasteiger partial charge in [0.1, 0.15) is 47.8 Å². The molecular weight excluding hydrogens is 1120 g/mol. The Kier molecular flexibility index (Phi) is 28.4. The molecule has 6 atom stereocenters. The molecule has 0 aliphatic carbocycles. The van der Waals surface area contributed by atoms with Crippen LogP contribution >= 0.6 is 0 Å². The van der Waals surface area contributed by atoms with Crippen molar-refractivity contribution in [1.82, 2.24) is 47.5 Å². The molecule has 0 fully saturated rings. The molecule has 31 heteroatoms. The van der Waals surface area contributed by atoms with Crippen molar-refractivity contribution in [2.24, 2.45) is 55.1 Å². The molecule has 4 aromatic rings. The number of phenolic OH excluding ortho intramolecular Hbond substituents is 2. The number of aromatic hydroxyl groups is 2. The van der Waals surface area contributed by atoms with Gasteiger partial charge in [0.05, 0.1) is 6.42 Å². The molecule has 31 nitrogen and oxygen atoms in total. The Morgan fingerprint density at radius 3 is 1.44 bits per heavy atom. The van der Waals surface area contributed by atoms with Gasteiger partial charge in [0.15, 0.2) is 17.9 Å². The van der Waals surface area contributed by atoms with Crippen molar-refractivity contribution in [3.8, 4) is 11.5 Å². The van der Waals surface area contributed by atoms with Gasteiger partial charge < -0.3 is 97.7 Å². The highest BCUT2D eigenvalue weighted by Crippen LogP contribution is 2.20. The number of primary amides is 1. The third-order valence-corrected chi connectivity index (χ3v) is 13.0. The maximum Gasteiger partial charge on any atom is 0.321 e. The fourth-order valence-electron chi connectivity index (χ4n) is 8.56. The van der Waals surface area contributed by atoms with Gasteiger partial charge >= 0.3 is 12.0 Å². The number of urea groups is 1. The summed E-state index contributed by atoms with van der Waals surface area (Å²) < 4.78 is 0. The number of fused-ring (bicyclic) bond motifs is 1. The van der Waals surface area contributed by atoms with Crippen LogP contribution in [0.2, 0.25) is 0 Å². The largest absolute Gasteiger partial charge is 0.508 e. The minimum absolute atomic E-state index is 0.00665. The van der Waals surface area contributed by atoms with Crippen LogP contribution in [0.5, 0.6) is 11.5 Å². The Balaban J connectivity index is 1.76. The first-order valence-corrected chi connectivity index (χ1v) is 27.6. The van der Waals surface area contributed by atoms with E-state index in [1.807, 2.05) is 0 Å². The lowest BCUT2D eigenvalue weighted by Gasteiger charge is -2.28. The number of aliphatic imine (C=N–C) groups is 3. The Morgan fingerprint density at radius 1 is 0.512 bits per heavy atom. The smallest absolute Gasteiger partial charge is 0.321 e. The first-order valence-electron chi connectivity index (χ1n) is 27.6. The van der Waals surface area contributed by atoms with Crippen LogP contribution < -0.4 is 82.7 Å². The minimum Gasteiger partial charge on any atom is -0.508 e. The number of amides is 9. The van der Waals surface area contributed by atoms with Gasteiger partial charge in [-0.25, -0.2) is 4.79 Å². The Labute approximate surface area is 495 Å². The van der Waals surface area contributed by atoms with Crippen LogP contribution in [-0.4, -0.2) is 161 Å². The van der Waals surface area contributed by atoms with E-state index in [2.05, 4.69) is 62.5 Å². The van der Waals surface area contributed by atoms with Gasteiger partial charge in [-0.05, 0) is 98.5 Å². The number of hydrogen-bond donors (Lipinski definition) is 19.